The fourth-order valence-corrected chi connectivity index (χ4v) is 3.32. The highest BCUT2D eigenvalue weighted by Crippen LogP contribution is 2.29. The summed E-state index contributed by atoms with van der Waals surface area (Å²) in [5.74, 6) is -2.52. The standard InChI is InChI=1S/C23H16N2O6/c1-31-15-8-10-19(18(12-15)23(29)30)24-20(26)13-7-9-16-17(11-13)22(28)25(21(16)27)14-5-3-2-4-6-14/h2-12H,1H3,(H,24,26)(H,29,30). The van der Waals surface area contributed by atoms with Crippen LogP contribution in [0.5, 0.6) is 5.75 Å². The minimum absolute atomic E-state index is 0.0760. The van der Waals surface area contributed by atoms with Crippen LogP contribution >= 0.6 is 0 Å². The molecule has 0 saturated heterocycles. The van der Waals surface area contributed by atoms with E-state index in [4.69, 9.17) is 4.74 Å². The van der Waals surface area contributed by atoms with E-state index in [0.29, 0.717) is 11.4 Å². The fourth-order valence-electron chi connectivity index (χ4n) is 3.32. The van der Waals surface area contributed by atoms with E-state index in [1.807, 2.05) is 0 Å². The van der Waals surface area contributed by atoms with Gasteiger partial charge in [0.1, 0.15) is 5.75 Å². The van der Waals surface area contributed by atoms with Crippen LogP contribution in [-0.4, -0.2) is 35.9 Å². The van der Waals surface area contributed by atoms with Crippen molar-refractivity contribution < 1.29 is 29.0 Å². The van der Waals surface area contributed by atoms with Crippen molar-refractivity contribution in [1.82, 2.24) is 0 Å². The Labute approximate surface area is 176 Å². The van der Waals surface area contributed by atoms with Gasteiger partial charge in [-0.1, -0.05) is 18.2 Å². The Kier molecular flexibility index (Phi) is 4.96. The first-order chi connectivity index (χ1) is 14.9. The zero-order valence-electron chi connectivity index (χ0n) is 16.3. The maximum absolute atomic E-state index is 12.8. The number of imide groups is 1. The van der Waals surface area contributed by atoms with E-state index >= 15 is 0 Å². The van der Waals surface area contributed by atoms with Crippen LogP contribution in [0, 0.1) is 0 Å². The Morgan fingerprint density at radius 2 is 1.61 bits per heavy atom. The summed E-state index contributed by atoms with van der Waals surface area (Å²) in [6.45, 7) is 0. The Morgan fingerprint density at radius 1 is 0.903 bits per heavy atom. The fraction of sp³-hybridized carbons (Fsp3) is 0.0435. The quantitative estimate of drug-likeness (QED) is 0.616. The molecule has 1 aliphatic rings. The molecule has 8 heteroatoms. The number of hydrogen-bond acceptors (Lipinski definition) is 5. The Hall–Kier alpha value is -4.46. The summed E-state index contributed by atoms with van der Waals surface area (Å²) in [5.41, 5.74) is 0.782. The summed E-state index contributed by atoms with van der Waals surface area (Å²) < 4.78 is 5.02. The van der Waals surface area contributed by atoms with Gasteiger partial charge in [-0.05, 0) is 48.5 Å². The van der Waals surface area contributed by atoms with Gasteiger partial charge in [0.2, 0.25) is 0 Å². The normalized spacial score (nSPS) is 12.5. The topological polar surface area (TPSA) is 113 Å². The molecule has 2 N–H and O–H groups in total. The van der Waals surface area contributed by atoms with Crippen molar-refractivity contribution >= 4 is 35.1 Å². The number of carbonyl (C=O) groups excluding carboxylic acids is 3. The molecule has 0 aliphatic carbocycles. The van der Waals surface area contributed by atoms with Crippen molar-refractivity contribution in [1.29, 1.82) is 0 Å². The number of para-hydroxylation sites is 1. The van der Waals surface area contributed by atoms with Gasteiger partial charge in [0.05, 0.1) is 35.2 Å². The summed E-state index contributed by atoms with van der Waals surface area (Å²) >= 11 is 0. The lowest BCUT2D eigenvalue weighted by molar-refractivity contribution is 0.0697. The van der Waals surface area contributed by atoms with Crippen LogP contribution in [0.3, 0.4) is 0 Å². The number of amides is 3. The molecule has 31 heavy (non-hydrogen) atoms. The first kappa shape index (κ1) is 19.8. The predicted molar refractivity (Wildman–Crippen MR) is 112 cm³/mol. The maximum Gasteiger partial charge on any atom is 0.337 e. The lowest BCUT2D eigenvalue weighted by Crippen LogP contribution is -2.29. The average Bonchev–Trinajstić information content (AvgIpc) is 3.04. The Balaban J connectivity index is 1.64. The summed E-state index contributed by atoms with van der Waals surface area (Å²) in [7, 11) is 1.40. The van der Waals surface area contributed by atoms with E-state index in [2.05, 4.69) is 5.32 Å². The SMILES string of the molecule is COc1ccc(NC(=O)c2ccc3c(c2)C(=O)N(c2ccccc2)C3=O)c(C(=O)O)c1. The van der Waals surface area contributed by atoms with E-state index < -0.39 is 23.7 Å². The molecule has 0 aromatic heterocycles. The lowest BCUT2D eigenvalue weighted by atomic mass is 10.0. The third kappa shape index (κ3) is 3.51. The van der Waals surface area contributed by atoms with Crippen LogP contribution in [0.1, 0.15) is 41.4 Å². The van der Waals surface area contributed by atoms with Crippen LogP contribution in [0.4, 0.5) is 11.4 Å². The van der Waals surface area contributed by atoms with Crippen molar-refractivity contribution in [3.8, 4) is 5.75 Å². The number of anilines is 2. The molecule has 1 aliphatic heterocycles. The van der Waals surface area contributed by atoms with E-state index in [9.17, 15) is 24.3 Å². The maximum atomic E-state index is 12.8. The highest BCUT2D eigenvalue weighted by atomic mass is 16.5. The van der Waals surface area contributed by atoms with E-state index in [-0.39, 0.29) is 27.9 Å². The molecule has 0 saturated carbocycles. The molecule has 0 atom stereocenters. The van der Waals surface area contributed by atoms with E-state index in [1.54, 1.807) is 30.3 Å². The third-order valence-electron chi connectivity index (χ3n) is 4.87. The molecule has 3 amide bonds. The summed E-state index contributed by atoms with van der Waals surface area (Å²) in [5, 5.41) is 11.9. The number of aromatic carboxylic acids is 1. The second kappa shape index (κ2) is 7.75. The Bertz CT molecular complexity index is 1240. The zero-order chi connectivity index (χ0) is 22.1. The summed E-state index contributed by atoms with van der Waals surface area (Å²) in [6.07, 6.45) is 0. The third-order valence-corrected chi connectivity index (χ3v) is 4.87. The molecule has 0 unspecified atom stereocenters. The number of ether oxygens (including phenoxy) is 1. The van der Waals surface area contributed by atoms with Gasteiger partial charge < -0.3 is 15.2 Å². The number of carbonyl (C=O) groups is 4. The van der Waals surface area contributed by atoms with Gasteiger partial charge >= 0.3 is 5.97 Å². The number of rotatable bonds is 5. The van der Waals surface area contributed by atoms with Crippen molar-refractivity contribution in [3.63, 3.8) is 0 Å². The van der Waals surface area contributed by atoms with Gasteiger partial charge in [0, 0.05) is 5.56 Å². The van der Waals surface area contributed by atoms with Crippen LogP contribution < -0.4 is 15.0 Å². The molecule has 0 spiro atoms. The lowest BCUT2D eigenvalue weighted by Gasteiger charge is -2.13. The van der Waals surface area contributed by atoms with E-state index in [0.717, 1.165) is 4.90 Å². The van der Waals surface area contributed by atoms with Gasteiger partial charge in [-0.15, -0.1) is 0 Å². The van der Waals surface area contributed by atoms with Crippen molar-refractivity contribution in [2.45, 2.75) is 0 Å². The minimum Gasteiger partial charge on any atom is -0.497 e. The molecule has 154 valence electrons. The zero-order valence-corrected chi connectivity index (χ0v) is 16.3. The van der Waals surface area contributed by atoms with Crippen molar-refractivity contribution in [2.75, 3.05) is 17.3 Å². The molecule has 3 aromatic rings. The molecule has 0 bridgehead atoms. The monoisotopic (exact) mass is 416 g/mol. The van der Waals surface area contributed by atoms with Crippen molar-refractivity contribution in [2.24, 2.45) is 0 Å². The number of nitrogens with zero attached hydrogens (tertiary/aromatic N) is 1. The van der Waals surface area contributed by atoms with Crippen LogP contribution in [0.2, 0.25) is 0 Å². The summed E-state index contributed by atoms with van der Waals surface area (Å²) in [4.78, 5) is 50.8. The number of carboxylic acids is 1. The van der Waals surface area contributed by atoms with Gasteiger partial charge in [0.25, 0.3) is 17.7 Å². The first-order valence-corrected chi connectivity index (χ1v) is 9.21. The molecular formula is C23H16N2O6. The number of methoxy groups -OCH3 is 1. The Morgan fingerprint density at radius 3 is 2.29 bits per heavy atom. The van der Waals surface area contributed by atoms with Gasteiger partial charge in [0.15, 0.2) is 0 Å². The predicted octanol–water partition coefficient (Wildman–Crippen LogP) is 3.45. The molecule has 1 heterocycles. The number of fused-ring (bicyclic) bond motifs is 1. The molecule has 4 rings (SSSR count). The van der Waals surface area contributed by atoms with Gasteiger partial charge in [-0.3, -0.25) is 14.4 Å². The smallest absolute Gasteiger partial charge is 0.337 e. The highest BCUT2D eigenvalue weighted by Gasteiger charge is 2.37. The van der Waals surface area contributed by atoms with Crippen LogP contribution in [-0.2, 0) is 0 Å². The molecular weight excluding hydrogens is 400 g/mol. The highest BCUT2D eigenvalue weighted by molar-refractivity contribution is 6.34. The molecule has 8 nitrogen and oxygen atoms in total. The van der Waals surface area contributed by atoms with Crippen LogP contribution in [0.15, 0.2) is 66.7 Å². The minimum atomic E-state index is -1.23. The molecule has 3 aromatic carbocycles. The number of carboxylic acid groups (broad SMARTS) is 1. The number of benzene rings is 3. The van der Waals surface area contributed by atoms with Gasteiger partial charge in [-0.25, -0.2) is 9.69 Å². The number of hydrogen-bond donors (Lipinski definition) is 2. The van der Waals surface area contributed by atoms with Crippen molar-refractivity contribution in [3.05, 3.63) is 89.0 Å². The second-order valence-corrected chi connectivity index (χ2v) is 6.71. The number of nitrogens with one attached hydrogen (secondary N) is 1. The molecule has 0 fully saturated rings. The largest absolute Gasteiger partial charge is 0.497 e. The first-order valence-electron chi connectivity index (χ1n) is 9.21. The van der Waals surface area contributed by atoms with Crippen LogP contribution in [0.25, 0.3) is 0 Å². The summed E-state index contributed by atoms with van der Waals surface area (Å²) in [6, 6.07) is 16.9. The second-order valence-electron chi connectivity index (χ2n) is 6.71. The average molecular weight is 416 g/mol. The van der Waals surface area contributed by atoms with Gasteiger partial charge in [-0.2, -0.15) is 0 Å². The van der Waals surface area contributed by atoms with E-state index in [1.165, 1.54) is 43.5 Å². The molecule has 0 radical (unpaired) electrons.